The highest BCUT2D eigenvalue weighted by Gasteiger charge is 2.26. The molecule has 25 heavy (non-hydrogen) atoms. The van der Waals surface area contributed by atoms with Gasteiger partial charge in [0, 0.05) is 34.7 Å². The van der Waals surface area contributed by atoms with E-state index in [4.69, 9.17) is 0 Å². The number of fused-ring (bicyclic) bond motifs is 4. The van der Waals surface area contributed by atoms with Crippen LogP contribution in [0.15, 0.2) is 60.8 Å². The first-order valence-corrected chi connectivity index (χ1v) is 8.53. The first kappa shape index (κ1) is 14.2. The van der Waals surface area contributed by atoms with Crippen LogP contribution < -0.4 is 0 Å². The second-order valence-electron chi connectivity index (χ2n) is 6.49. The number of para-hydroxylation sites is 1. The fraction of sp³-hybridized carbons (Fsp3) is 0.143. The number of H-pyrrole nitrogens is 1. The second-order valence-corrected chi connectivity index (χ2v) is 6.49. The number of nitrogens with zero attached hydrogens (tertiary/aromatic N) is 2. The first-order valence-electron chi connectivity index (χ1n) is 8.53. The van der Waals surface area contributed by atoms with Crippen molar-refractivity contribution in [2.75, 3.05) is 6.54 Å². The molecule has 0 saturated carbocycles. The number of hydrogen-bond acceptors (Lipinski definition) is 2. The molecule has 2 aromatic heterocycles. The molecule has 5 rings (SSSR count). The molecule has 4 heteroatoms. The smallest absolute Gasteiger partial charge is 0.273 e. The number of carbonyl (C=O) groups excluding carboxylic acids is 1. The van der Waals surface area contributed by atoms with E-state index in [1.54, 1.807) is 6.20 Å². The van der Waals surface area contributed by atoms with Crippen molar-refractivity contribution in [3.63, 3.8) is 0 Å². The maximum absolute atomic E-state index is 13.1. The molecule has 0 radical (unpaired) electrons. The van der Waals surface area contributed by atoms with Crippen molar-refractivity contribution in [1.29, 1.82) is 0 Å². The topological polar surface area (TPSA) is 49.0 Å². The van der Waals surface area contributed by atoms with E-state index in [-0.39, 0.29) is 5.91 Å². The van der Waals surface area contributed by atoms with E-state index in [0.717, 1.165) is 34.9 Å². The molecule has 0 aliphatic carbocycles. The van der Waals surface area contributed by atoms with Gasteiger partial charge in [0.25, 0.3) is 5.91 Å². The molecule has 1 aliphatic heterocycles. The molecule has 0 bridgehead atoms. The molecule has 4 nitrogen and oxygen atoms in total. The van der Waals surface area contributed by atoms with Crippen molar-refractivity contribution < 1.29 is 4.79 Å². The van der Waals surface area contributed by atoms with E-state index in [1.165, 1.54) is 10.9 Å². The van der Waals surface area contributed by atoms with Crippen LogP contribution in [0.5, 0.6) is 0 Å². The van der Waals surface area contributed by atoms with Crippen LogP contribution in [0.25, 0.3) is 21.7 Å². The molecule has 122 valence electrons. The summed E-state index contributed by atoms with van der Waals surface area (Å²) in [5.74, 6) is 0.00102. The van der Waals surface area contributed by atoms with E-state index in [1.807, 2.05) is 41.3 Å². The van der Waals surface area contributed by atoms with E-state index in [2.05, 4.69) is 28.2 Å². The largest absolute Gasteiger partial charge is 0.357 e. The zero-order valence-electron chi connectivity index (χ0n) is 13.7. The Morgan fingerprint density at radius 3 is 2.72 bits per heavy atom. The monoisotopic (exact) mass is 327 g/mol. The SMILES string of the molecule is O=C(c1nccc2ccccc12)N1CCc2c([nH]c3ccccc23)C1. The second kappa shape index (κ2) is 5.45. The Morgan fingerprint density at radius 1 is 1.00 bits per heavy atom. The Labute approximate surface area is 145 Å². The van der Waals surface area contributed by atoms with Gasteiger partial charge < -0.3 is 9.88 Å². The lowest BCUT2D eigenvalue weighted by atomic mass is 10.0. The highest BCUT2D eigenvalue weighted by atomic mass is 16.2. The van der Waals surface area contributed by atoms with Crippen molar-refractivity contribution in [1.82, 2.24) is 14.9 Å². The fourth-order valence-electron chi connectivity index (χ4n) is 3.81. The summed E-state index contributed by atoms with van der Waals surface area (Å²) in [6, 6.07) is 18.2. The molecule has 0 fully saturated rings. The summed E-state index contributed by atoms with van der Waals surface area (Å²) in [6.45, 7) is 1.33. The van der Waals surface area contributed by atoms with Crippen molar-refractivity contribution in [3.05, 3.63) is 77.7 Å². The lowest BCUT2D eigenvalue weighted by Crippen LogP contribution is -2.36. The molecular formula is C21H17N3O. The van der Waals surface area contributed by atoms with E-state index >= 15 is 0 Å². The summed E-state index contributed by atoms with van der Waals surface area (Å²) in [5, 5.41) is 3.23. The fourth-order valence-corrected chi connectivity index (χ4v) is 3.81. The van der Waals surface area contributed by atoms with Gasteiger partial charge in [0.05, 0.1) is 6.54 Å². The van der Waals surface area contributed by atoms with Crippen LogP contribution >= 0.6 is 0 Å². The molecule has 0 atom stereocenters. The van der Waals surface area contributed by atoms with Crippen LogP contribution in [-0.4, -0.2) is 27.3 Å². The van der Waals surface area contributed by atoms with Crippen LogP contribution in [0, 0.1) is 0 Å². The first-order chi connectivity index (χ1) is 12.3. The summed E-state index contributed by atoms with van der Waals surface area (Å²) < 4.78 is 0. The summed E-state index contributed by atoms with van der Waals surface area (Å²) >= 11 is 0. The number of nitrogens with one attached hydrogen (secondary N) is 1. The van der Waals surface area contributed by atoms with Gasteiger partial charge in [-0.2, -0.15) is 0 Å². The number of aromatic nitrogens is 2. The number of benzene rings is 2. The van der Waals surface area contributed by atoms with Gasteiger partial charge in [0.2, 0.25) is 0 Å². The summed E-state index contributed by atoms with van der Waals surface area (Å²) in [4.78, 5) is 22.8. The molecule has 0 unspecified atom stereocenters. The highest BCUT2D eigenvalue weighted by Crippen LogP contribution is 2.28. The zero-order valence-corrected chi connectivity index (χ0v) is 13.7. The molecule has 0 spiro atoms. The minimum Gasteiger partial charge on any atom is -0.357 e. The number of amides is 1. The van der Waals surface area contributed by atoms with Crippen LogP contribution in [0.2, 0.25) is 0 Å². The predicted octanol–water partition coefficient (Wildman–Crippen LogP) is 3.91. The number of carbonyl (C=O) groups is 1. The van der Waals surface area contributed by atoms with Gasteiger partial charge in [-0.1, -0.05) is 42.5 Å². The molecule has 4 aromatic rings. The van der Waals surface area contributed by atoms with Crippen molar-refractivity contribution in [2.24, 2.45) is 0 Å². The summed E-state index contributed by atoms with van der Waals surface area (Å²) in [5.41, 5.74) is 4.16. The van der Waals surface area contributed by atoms with E-state index in [9.17, 15) is 4.79 Å². The number of aromatic amines is 1. The summed E-state index contributed by atoms with van der Waals surface area (Å²) in [7, 11) is 0. The highest BCUT2D eigenvalue weighted by molar-refractivity contribution is 6.05. The Balaban J connectivity index is 1.53. The lowest BCUT2D eigenvalue weighted by Gasteiger charge is -2.27. The van der Waals surface area contributed by atoms with Gasteiger partial charge in [0.15, 0.2) is 0 Å². The van der Waals surface area contributed by atoms with Gasteiger partial charge in [0.1, 0.15) is 5.69 Å². The van der Waals surface area contributed by atoms with Crippen molar-refractivity contribution >= 4 is 27.6 Å². The Kier molecular flexibility index (Phi) is 3.10. The van der Waals surface area contributed by atoms with Crippen LogP contribution in [0.4, 0.5) is 0 Å². The molecule has 1 aliphatic rings. The molecule has 2 aromatic carbocycles. The number of hydrogen-bond donors (Lipinski definition) is 1. The van der Waals surface area contributed by atoms with Crippen LogP contribution in [0.3, 0.4) is 0 Å². The number of rotatable bonds is 1. The molecule has 0 saturated heterocycles. The minimum atomic E-state index is 0.00102. The van der Waals surface area contributed by atoms with Gasteiger partial charge in [-0.3, -0.25) is 9.78 Å². The number of pyridine rings is 1. The molecular weight excluding hydrogens is 310 g/mol. The Bertz CT molecular complexity index is 1110. The Hall–Kier alpha value is -3.14. The predicted molar refractivity (Wildman–Crippen MR) is 98.5 cm³/mol. The average Bonchev–Trinajstić information content (AvgIpc) is 3.04. The quantitative estimate of drug-likeness (QED) is 0.576. The molecule has 1 N–H and O–H groups in total. The van der Waals surface area contributed by atoms with E-state index in [0.29, 0.717) is 12.2 Å². The maximum Gasteiger partial charge on any atom is 0.273 e. The standard InChI is InChI=1S/C21H17N3O/c25-21(20-15-6-2-1-5-14(15)9-11-22-20)24-12-10-17-16-7-3-4-8-18(16)23-19(17)13-24/h1-9,11,23H,10,12-13H2. The lowest BCUT2D eigenvalue weighted by molar-refractivity contribution is 0.0729. The van der Waals surface area contributed by atoms with Crippen LogP contribution in [-0.2, 0) is 13.0 Å². The normalized spacial score (nSPS) is 14.0. The Morgan fingerprint density at radius 2 is 1.80 bits per heavy atom. The van der Waals surface area contributed by atoms with Gasteiger partial charge in [-0.15, -0.1) is 0 Å². The summed E-state index contributed by atoms with van der Waals surface area (Å²) in [6.07, 6.45) is 2.59. The maximum atomic E-state index is 13.1. The van der Waals surface area contributed by atoms with E-state index < -0.39 is 0 Å². The minimum absolute atomic E-state index is 0.00102. The van der Waals surface area contributed by atoms with Crippen molar-refractivity contribution in [2.45, 2.75) is 13.0 Å². The third-order valence-corrected chi connectivity index (χ3v) is 5.05. The van der Waals surface area contributed by atoms with Crippen molar-refractivity contribution in [3.8, 4) is 0 Å². The van der Waals surface area contributed by atoms with Gasteiger partial charge >= 0.3 is 0 Å². The third kappa shape index (κ3) is 2.22. The average molecular weight is 327 g/mol. The zero-order chi connectivity index (χ0) is 16.8. The van der Waals surface area contributed by atoms with Gasteiger partial charge in [-0.05, 0) is 29.5 Å². The molecule has 3 heterocycles. The van der Waals surface area contributed by atoms with Crippen LogP contribution in [0.1, 0.15) is 21.7 Å². The molecule has 1 amide bonds. The van der Waals surface area contributed by atoms with Gasteiger partial charge in [-0.25, -0.2) is 0 Å². The third-order valence-electron chi connectivity index (χ3n) is 5.05.